The molecular formula is C17H15N5O5S. The topological polar surface area (TPSA) is 146 Å². The number of primary sulfonamides is 1. The summed E-state index contributed by atoms with van der Waals surface area (Å²) < 4.78 is 29.7. The lowest BCUT2D eigenvalue weighted by Crippen LogP contribution is -2.16. The Morgan fingerprint density at radius 1 is 1.36 bits per heavy atom. The van der Waals surface area contributed by atoms with Gasteiger partial charge in [-0.25, -0.2) is 27.9 Å². The van der Waals surface area contributed by atoms with Crippen molar-refractivity contribution in [1.29, 1.82) is 0 Å². The highest BCUT2D eigenvalue weighted by Gasteiger charge is 2.36. The van der Waals surface area contributed by atoms with Gasteiger partial charge in [0.1, 0.15) is 12.2 Å². The molecule has 11 heteroatoms. The molecule has 1 amide bonds. The first-order valence-corrected chi connectivity index (χ1v) is 9.65. The van der Waals surface area contributed by atoms with E-state index >= 15 is 0 Å². The number of carbonyl (C=O) groups excluding carboxylic acids is 2. The first kappa shape index (κ1) is 18.1. The maximum absolute atomic E-state index is 12.7. The van der Waals surface area contributed by atoms with Gasteiger partial charge in [0.2, 0.25) is 15.9 Å². The van der Waals surface area contributed by atoms with Crippen LogP contribution in [0.5, 0.6) is 0 Å². The lowest BCUT2D eigenvalue weighted by atomic mass is 9.95. The van der Waals surface area contributed by atoms with Crippen LogP contribution in [0.2, 0.25) is 0 Å². The van der Waals surface area contributed by atoms with Crippen LogP contribution in [-0.2, 0) is 19.6 Å². The Balaban J connectivity index is 1.96. The van der Waals surface area contributed by atoms with E-state index in [9.17, 15) is 18.0 Å². The summed E-state index contributed by atoms with van der Waals surface area (Å²) in [6.45, 7) is 1.70. The standard InChI is InChI=1S/C17H15N5O5S/c1-8-11(17(24)27-2)6-22-15(8)14(19-7-20-22)13-10-5-9(28(18,25)26)3-4-12(10)21-16(13)23/h3-7,13H,1-2H3,(H,21,23)(H2,18,25,26). The number of nitrogens with zero attached hydrogens (tertiary/aromatic N) is 3. The summed E-state index contributed by atoms with van der Waals surface area (Å²) in [5.74, 6) is -1.80. The number of benzene rings is 1. The van der Waals surface area contributed by atoms with Gasteiger partial charge in [0.15, 0.2) is 0 Å². The number of esters is 1. The van der Waals surface area contributed by atoms with Crippen molar-refractivity contribution in [2.45, 2.75) is 17.7 Å². The molecule has 1 unspecified atom stereocenters. The number of carbonyl (C=O) groups is 2. The number of aryl methyl sites for hydroxylation is 1. The molecule has 0 spiro atoms. The van der Waals surface area contributed by atoms with Gasteiger partial charge in [-0.05, 0) is 36.2 Å². The van der Waals surface area contributed by atoms with Crippen LogP contribution < -0.4 is 10.5 Å². The number of anilines is 1. The van der Waals surface area contributed by atoms with Gasteiger partial charge < -0.3 is 10.1 Å². The van der Waals surface area contributed by atoms with Gasteiger partial charge in [0, 0.05) is 11.9 Å². The molecule has 10 nitrogen and oxygen atoms in total. The summed E-state index contributed by atoms with van der Waals surface area (Å²) in [5.41, 5.74) is 2.55. The molecule has 3 N–H and O–H groups in total. The van der Waals surface area contributed by atoms with E-state index in [1.807, 2.05) is 0 Å². The minimum atomic E-state index is -3.95. The number of amides is 1. The Kier molecular flexibility index (Phi) is 3.94. The molecule has 0 aliphatic carbocycles. The number of nitrogens with one attached hydrogen (secondary N) is 1. The Labute approximate surface area is 159 Å². The zero-order valence-corrected chi connectivity index (χ0v) is 15.6. The van der Waals surface area contributed by atoms with Crippen LogP contribution in [0.1, 0.15) is 33.1 Å². The number of ether oxygens (including phenoxy) is 1. The van der Waals surface area contributed by atoms with Crippen LogP contribution in [0.4, 0.5) is 5.69 Å². The molecule has 1 atom stereocenters. The number of nitrogens with two attached hydrogens (primary N) is 1. The minimum absolute atomic E-state index is 0.111. The number of hydrogen-bond acceptors (Lipinski definition) is 7. The van der Waals surface area contributed by atoms with E-state index in [0.717, 1.165) is 0 Å². The zero-order valence-electron chi connectivity index (χ0n) is 14.8. The van der Waals surface area contributed by atoms with Crippen molar-refractivity contribution in [2.75, 3.05) is 12.4 Å². The first-order chi connectivity index (χ1) is 13.2. The second kappa shape index (κ2) is 6.11. The third-order valence-corrected chi connectivity index (χ3v) is 5.63. The van der Waals surface area contributed by atoms with E-state index < -0.39 is 21.9 Å². The average molecular weight is 401 g/mol. The Morgan fingerprint density at radius 2 is 2.11 bits per heavy atom. The van der Waals surface area contributed by atoms with E-state index in [4.69, 9.17) is 9.88 Å². The molecular weight excluding hydrogens is 386 g/mol. The van der Waals surface area contributed by atoms with E-state index in [2.05, 4.69) is 15.4 Å². The number of sulfonamides is 1. The van der Waals surface area contributed by atoms with Gasteiger partial charge in [-0.2, -0.15) is 5.10 Å². The van der Waals surface area contributed by atoms with Gasteiger partial charge >= 0.3 is 5.97 Å². The fraction of sp³-hybridized carbons (Fsp3) is 0.176. The monoisotopic (exact) mass is 401 g/mol. The second-order valence-corrected chi connectivity index (χ2v) is 7.88. The predicted octanol–water partition coefficient (Wildman–Crippen LogP) is 0.556. The normalized spacial score (nSPS) is 16.1. The Morgan fingerprint density at radius 3 is 2.79 bits per heavy atom. The highest BCUT2D eigenvalue weighted by atomic mass is 32.2. The number of hydrogen-bond donors (Lipinski definition) is 2. The molecule has 1 aromatic carbocycles. The molecule has 0 radical (unpaired) electrons. The van der Waals surface area contributed by atoms with Crippen molar-refractivity contribution in [1.82, 2.24) is 14.6 Å². The lowest BCUT2D eigenvalue weighted by Gasteiger charge is -2.11. The number of aromatic nitrogens is 3. The van der Waals surface area contributed by atoms with Crippen LogP contribution >= 0.6 is 0 Å². The van der Waals surface area contributed by atoms with Crippen molar-refractivity contribution in [3.05, 3.63) is 53.1 Å². The number of rotatable bonds is 3. The van der Waals surface area contributed by atoms with Crippen molar-refractivity contribution in [3.8, 4) is 0 Å². The van der Waals surface area contributed by atoms with Crippen molar-refractivity contribution in [3.63, 3.8) is 0 Å². The second-order valence-electron chi connectivity index (χ2n) is 6.31. The van der Waals surface area contributed by atoms with Gasteiger partial charge in [0.05, 0.1) is 28.8 Å². The molecule has 0 saturated heterocycles. The maximum atomic E-state index is 12.7. The van der Waals surface area contributed by atoms with Gasteiger partial charge in [-0.1, -0.05) is 0 Å². The fourth-order valence-electron chi connectivity index (χ4n) is 3.40. The molecule has 3 aromatic rings. The molecule has 1 aliphatic rings. The summed E-state index contributed by atoms with van der Waals surface area (Å²) in [4.78, 5) is 28.9. The van der Waals surface area contributed by atoms with Gasteiger partial charge in [0.25, 0.3) is 0 Å². The summed E-state index contributed by atoms with van der Waals surface area (Å²) >= 11 is 0. The smallest absolute Gasteiger partial charge is 0.339 e. The van der Waals surface area contributed by atoms with Gasteiger partial charge in [-0.15, -0.1) is 0 Å². The summed E-state index contributed by atoms with van der Waals surface area (Å²) in [7, 11) is -2.68. The molecule has 144 valence electrons. The maximum Gasteiger partial charge on any atom is 0.339 e. The van der Waals surface area contributed by atoms with Crippen molar-refractivity contribution < 1.29 is 22.7 Å². The molecule has 28 heavy (non-hydrogen) atoms. The number of fused-ring (bicyclic) bond motifs is 2. The van der Waals surface area contributed by atoms with E-state index in [-0.39, 0.29) is 10.8 Å². The fourth-order valence-corrected chi connectivity index (χ4v) is 3.95. The molecule has 0 fully saturated rings. The van der Waals surface area contributed by atoms with E-state index in [1.54, 1.807) is 6.92 Å². The highest BCUT2D eigenvalue weighted by molar-refractivity contribution is 7.89. The molecule has 2 aromatic heterocycles. The van der Waals surface area contributed by atoms with E-state index in [0.29, 0.717) is 33.6 Å². The Bertz CT molecular complexity index is 1260. The highest BCUT2D eigenvalue weighted by Crippen LogP contribution is 2.39. The van der Waals surface area contributed by atoms with Crippen molar-refractivity contribution >= 4 is 33.1 Å². The van der Waals surface area contributed by atoms with Crippen molar-refractivity contribution in [2.24, 2.45) is 5.14 Å². The minimum Gasteiger partial charge on any atom is -0.465 e. The molecule has 4 rings (SSSR count). The number of methoxy groups -OCH3 is 1. The van der Waals surface area contributed by atoms with Crippen LogP contribution in [0.25, 0.3) is 5.52 Å². The SMILES string of the molecule is COC(=O)c1cn2ncnc(C3C(=O)Nc4ccc(S(N)(=O)=O)cc43)c2c1C. The quantitative estimate of drug-likeness (QED) is 0.610. The summed E-state index contributed by atoms with van der Waals surface area (Å²) in [6, 6.07) is 4.16. The van der Waals surface area contributed by atoms with Crippen LogP contribution in [0.3, 0.4) is 0 Å². The third-order valence-electron chi connectivity index (χ3n) is 4.72. The largest absolute Gasteiger partial charge is 0.465 e. The molecule has 3 heterocycles. The summed E-state index contributed by atoms with van der Waals surface area (Å²) in [6.07, 6.45) is 2.76. The zero-order chi connectivity index (χ0) is 20.2. The summed E-state index contributed by atoms with van der Waals surface area (Å²) in [5, 5.41) is 12.0. The lowest BCUT2D eigenvalue weighted by molar-refractivity contribution is -0.116. The molecule has 0 saturated carbocycles. The first-order valence-electron chi connectivity index (χ1n) is 8.11. The third kappa shape index (κ3) is 2.63. The van der Waals surface area contributed by atoms with Gasteiger partial charge in [-0.3, -0.25) is 4.79 Å². The predicted molar refractivity (Wildman–Crippen MR) is 97.4 cm³/mol. The average Bonchev–Trinajstić information content (AvgIpc) is 3.16. The molecule has 1 aliphatic heterocycles. The molecule has 0 bridgehead atoms. The van der Waals surface area contributed by atoms with Crippen LogP contribution in [0, 0.1) is 6.92 Å². The van der Waals surface area contributed by atoms with Crippen LogP contribution in [0.15, 0.2) is 35.6 Å². The Hall–Kier alpha value is -3.31. The van der Waals surface area contributed by atoms with E-state index in [1.165, 1.54) is 42.3 Å². The van der Waals surface area contributed by atoms with Crippen LogP contribution in [-0.4, -0.2) is 42.0 Å².